The lowest BCUT2D eigenvalue weighted by atomic mass is 9.99. The van der Waals surface area contributed by atoms with Crippen LogP contribution in [0, 0.1) is 6.92 Å². The molecule has 4 heteroatoms. The van der Waals surface area contributed by atoms with E-state index in [2.05, 4.69) is 4.90 Å². The fourth-order valence-corrected chi connectivity index (χ4v) is 2.69. The first-order valence-electron chi connectivity index (χ1n) is 6.50. The van der Waals surface area contributed by atoms with Crippen LogP contribution in [-0.4, -0.2) is 25.0 Å². The molecule has 18 heavy (non-hydrogen) atoms. The Kier molecular flexibility index (Phi) is 3.87. The smallest absolute Gasteiger partial charge is 0.248 e. The lowest BCUT2D eigenvalue weighted by Crippen LogP contribution is -2.44. The van der Waals surface area contributed by atoms with Crippen molar-refractivity contribution in [2.24, 2.45) is 11.5 Å². The van der Waals surface area contributed by atoms with Crippen molar-refractivity contribution in [3.63, 3.8) is 0 Å². The molecule has 1 atom stereocenters. The first kappa shape index (κ1) is 12.9. The lowest BCUT2D eigenvalue weighted by molar-refractivity contribution is 0.1000. The Balaban J connectivity index is 2.29. The van der Waals surface area contributed by atoms with Crippen molar-refractivity contribution in [2.75, 3.05) is 18.0 Å². The van der Waals surface area contributed by atoms with Gasteiger partial charge in [0.05, 0.1) is 0 Å². The summed E-state index contributed by atoms with van der Waals surface area (Å²) in [6, 6.07) is 6.06. The average Bonchev–Trinajstić information content (AvgIpc) is 2.38. The quantitative estimate of drug-likeness (QED) is 0.848. The number of aryl methyl sites for hydroxylation is 1. The summed E-state index contributed by atoms with van der Waals surface area (Å²) in [6.07, 6.45) is 3.60. The van der Waals surface area contributed by atoms with Crippen molar-refractivity contribution in [1.82, 2.24) is 0 Å². The van der Waals surface area contributed by atoms with Crippen molar-refractivity contribution >= 4 is 11.6 Å². The molecule has 0 bridgehead atoms. The third-order valence-corrected chi connectivity index (χ3v) is 3.69. The van der Waals surface area contributed by atoms with Crippen molar-refractivity contribution < 1.29 is 4.79 Å². The number of nitrogens with zero attached hydrogens (tertiary/aromatic N) is 1. The molecule has 0 aromatic heterocycles. The number of hydrogen-bond donors (Lipinski definition) is 2. The van der Waals surface area contributed by atoms with E-state index < -0.39 is 0 Å². The number of carbonyl (C=O) groups excluding carboxylic acids is 1. The molecule has 2 rings (SSSR count). The maximum Gasteiger partial charge on any atom is 0.248 e. The fraction of sp³-hybridized carbons (Fsp3) is 0.500. The van der Waals surface area contributed by atoms with Crippen LogP contribution in [0.3, 0.4) is 0 Å². The lowest BCUT2D eigenvalue weighted by Gasteiger charge is -2.38. The van der Waals surface area contributed by atoms with Crippen molar-refractivity contribution in [2.45, 2.75) is 32.2 Å². The monoisotopic (exact) mass is 247 g/mol. The van der Waals surface area contributed by atoms with Crippen LogP contribution < -0.4 is 16.4 Å². The number of hydrogen-bond acceptors (Lipinski definition) is 3. The number of amides is 1. The zero-order valence-corrected chi connectivity index (χ0v) is 10.9. The molecule has 1 aromatic carbocycles. The van der Waals surface area contributed by atoms with Gasteiger partial charge in [0.25, 0.3) is 0 Å². The summed E-state index contributed by atoms with van der Waals surface area (Å²) in [7, 11) is 0. The molecule has 1 aliphatic rings. The molecule has 0 aliphatic carbocycles. The van der Waals surface area contributed by atoms with Crippen LogP contribution in [0.15, 0.2) is 18.2 Å². The highest BCUT2D eigenvalue weighted by Gasteiger charge is 2.22. The van der Waals surface area contributed by atoms with E-state index in [0.29, 0.717) is 18.2 Å². The maximum absolute atomic E-state index is 11.1. The van der Waals surface area contributed by atoms with Gasteiger partial charge in [0.15, 0.2) is 0 Å². The summed E-state index contributed by atoms with van der Waals surface area (Å²) in [4.78, 5) is 13.5. The Morgan fingerprint density at radius 1 is 1.44 bits per heavy atom. The fourth-order valence-electron chi connectivity index (χ4n) is 2.69. The van der Waals surface area contributed by atoms with Gasteiger partial charge in [-0.3, -0.25) is 4.79 Å². The van der Waals surface area contributed by atoms with Gasteiger partial charge in [-0.1, -0.05) is 0 Å². The highest BCUT2D eigenvalue weighted by atomic mass is 16.1. The van der Waals surface area contributed by atoms with Gasteiger partial charge in [0.1, 0.15) is 0 Å². The van der Waals surface area contributed by atoms with Crippen molar-refractivity contribution in [3.8, 4) is 0 Å². The molecule has 1 aliphatic heterocycles. The molecule has 4 nitrogen and oxygen atoms in total. The van der Waals surface area contributed by atoms with Crippen LogP contribution in [0.5, 0.6) is 0 Å². The molecule has 0 saturated carbocycles. The first-order chi connectivity index (χ1) is 8.63. The number of piperidine rings is 1. The summed E-state index contributed by atoms with van der Waals surface area (Å²) in [5, 5.41) is 0. The minimum absolute atomic E-state index is 0.376. The van der Waals surface area contributed by atoms with Crippen LogP contribution in [0.4, 0.5) is 5.69 Å². The van der Waals surface area contributed by atoms with E-state index in [0.717, 1.165) is 18.5 Å². The van der Waals surface area contributed by atoms with Crippen LogP contribution in [-0.2, 0) is 0 Å². The Morgan fingerprint density at radius 2 is 2.22 bits per heavy atom. The molecule has 4 N–H and O–H groups in total. The molecule has 1 aromatic rings. The van der Waals surface area contributed by atoms with Crippen LogP contribution in [0.1, 0.15) is 35.2 Å². The number of rotatable bonds is 3. The first-order valence-corrected chi connectivity index (χ1v) is 6.50. The third kappa shape index (κ3) is 2.48. The largest absolute Gasteiger partial charge is 0.367 e. The van der Waals surface area contributed by atoms with E-state index in [4.69, 9.17) is 11.5 Å². The second kappa shape index (κ2) is 5.40. The number of nitrogens with two attached hydrogens (primary N) is 2. The molecule has 1 saturated heterocycles. The van der Waals surface area contributed by atoms with Gasteiger partial charge in [-0.05, 0) is 49.9 Å². The van der Waals surface area contributed by atoms with Crippen molar-refractivity contribution in [1.29, 1.82) is 0 Å². The van der Waals surface area contributed by atoms with E-state index >= 15 is 0 Å². The summed E-state index contributed by atoms with van der Waals surface area (Å²) in [5.41, 5.74) is 14.0. The van der Waals surface area contributed by atoms with Gasteiger partial charge >= 0.3 is 0 Å². The van der Waals surface area contributed by atoms with Crippen LogP contribution in [0.25, 0.3) is 0 Å². The molecule has 1 fully saturated rings. The SMILES string of the molecule is Cc1cc(C(N)=O)ccc1N1CCCCC1CN. The number of anilines is 1. The minimum Gasteiger partial charge on any atom is -0.367 e. The highest BCUT2D eigenvalue weighted by Crippen LogP contribution is 2.27. The van der Waals surface area contributed by atoms with E-state index in [-0.39, 0.29) is 5.91 Å². The second-order valence-corrected chi connectivity index (χ2v) is 4.94. The highest BCUT2D eigenvalue weighted by molar-refractivity contribution is 5.93. The molecular formula is C14H21N3O. The summed E-state index contributed by atoms with van der Waals surface area (Å²) in [5.74, 6) is -0.376. The number of carbonyl (C=O) groups is 1. The predicted octanol–water partition coefficient (Wildman–Crippen LogP) is 1.41. The summed E-state index contributed by atoms with van der Waals surface area (Å²) >= 11 is 0. The minimum atomic E-state index is -0.376. The number of benzene rings is 1. The Bertz CT molecular complexity index is 445. The molecular weight excluding hydrogens is 226 g/mol. The normalized spacial score (nSPS) is 19.9. The Morgan fingerprint density at radius 3 is 2.83 bits per heavy atom. The van der Waals surface area contributed by atoms with E-state index in [1.165, 1.54) is 18.5 Å². The third-order valence-electron chi connectivity index (χ3n) is 3.69. The topological polar surface area (TPSA) is 72.4 Å². The molecule has 0 radical (unpaired) electrons. The molecule has 0 spiro atoms. The van der Waals surface area contributed by atoms with Gasteiger partial charge in [-0.15, -0.1) is 0 Å². The molecule has 1 heterocycles. The zero-order chi connectivity index (χ0) is 13.1. The van der Waals surface area contributed by atoms with Gasteiger partial charge in [0, 0.05) is 30.4 Å². The van der Waals surface area contributed by atoms with E-state index in [1.54, 1.807) is 6.07 Å². The van der Waals surface area contributed by atoms with E-state index in [1.807, 2.05) is 19.1 Å². The molecule has 1 unspecified atom stereocenters. The summed E-state index contributed by atoms with van der Waals surface area (Å²) < 4.78 is 0. The maximum atomic E-state index is 11.1. The Hall–Kier alpha value is -1.55. The van der Waals surface area contributed by atoms with Crippen LogP contribution >= 0.6 is 0 Å². The number of primary amides is 1. The molecule has 1 amide bonds. The van der Waals surface area contributed by atoms with Gasteiger partial charge < -0.3 is 16.4 Å². The van der Waals surface area contributed by atoms with Crippen LogP contribution in [0.2, 0.25) is 0 Å². The van der Waals surface area contributed by atoms with E-state index in [9.17, 15) is 4.79 Å². The molecule has 98 valence electrons. The van der Waals surface area contributed by atoms with Gasteiger partial charge in [-0.2, -0.15) is 0 Å². The van der Waals surface area contributed by atoms with Gasteiger partial charge in [0.2, 0.25) is 5.91 Å². The predicted molar refractivity (Wildman–Crippen MR) is 73.7 cm³/mol. The van der Waals surface area contributed by atoms with Gasteiger partial charge in [-0.25, -0.2) is 0 Å². The van der Waals surface area contributed by atoms with Crippen molar-refractivity contribution in [3.05, 3.63) is 29.3 Å². The zero-order valence-electron chi connectivity index (χ0n) is 10.9. The Labute approximate surface area is 108 Å². The second-order valence-electron chi connectivity index (χ2n) is 4.94. The standard InChI is InChI=1S/C14H21N3O/c1-10-8-11(14(16)18)5-6-13(10)17-7-3-2-4-12(17)9-15/h5-6,8,12H,2-4,7,9,15H2,1H3,(H2,16,18). The summed E-state index contributed by atoms with van der Waals surface area (Å²) in [6.45, 7) is 3.74. The average molecular weight is 247 g/mol.